The fourth-order valence-electron chi connectivity index (χ4n) is 4.47. The van der Waals surface area contributed by atoms with E-state index in [1.54, 1.807) is 0 Å². The minimum absolute atomic E-state index is 0.0497. The van der Waals surface area contributed by atoms with E-state index in [0.717, 1.165) is 50.0 Å². The van der Waals surface area contributed by atoms with E-state index in [4.69, 9.17) is 9.72 Å². The number of benzene rings is 4. The van der Waals surface area contributed by atoms with Gasteiger partial charge in [0.05, 0.1) is 16.7 Å². The average molecular weight is 503 g/mol. The molecule has 0 aliphatic heterocycles. The number of nitrogens with one attached hydrogen (secondary N) is 3. The Hall–Kier alpha value is -5.17. The first kappa shape index (κ1) is 23.2. The smallest absolute Gasteiger partial charge is 0.411 e. The number of pyridine rings is 1. The van der Waals surface area contributed by atoms with Gasteiger partial charge < -0.3 is 15.0 Å². The van der Waals surface area contributed by atoms with E-state index in [1.165, 1.54) is 24.3 Å². The Morgan fingerprint density at radius 1 is 0.816 bits per heavy atom. The Labute approximate surface area is 218 Å². The molecule has 0 aliphatic carbocycles. The van der Waals surface area contributed by atoms with Crippen LogP contribution >= 0.6 is 0 Å². The highest BCUT2D eigenvalue weighted by molar-refractivity contribution is 6.08. The number of rotatable bonds is 6. The van der Waals surface area contributed by atoms with Crippen LogP contribution in [-0.4, -0.2) is 16.1 Å². The molecule has 2 aromatic heterocycles. The van der Waals surface area contributed by atoms with Crippen LogP contribution in [0.1, 0.15) is 5.56 Å². The molecule has 6 aromatic rings. The maximum absolute atomic E-state index is 13.2. The first-order valence-corrected chi connectivity index (χ1v) is 12.1. The van der Waals surface area contributed by atoms with E-state index >= 15 is 0 Å². The third-order valence-corrected chi connectivity index (χ3v) is 6.22. The first-order valence-electron chi connectivity index (χ1n) is 12.1. The molecule has 0 saturated carbocycles. The second-order valence-electron chi connectivity index (χ2n) is 8.86. The molecule has 6 rings (SSSR count). The molecule has 0 aliphatic rings. The third-order valence-electron chi connectivity index (χ3n) is 6.22. The number of H-pyrrole nitrogens is 1. The number of aromatic nitrogens is 2. The number of carbonyl (C=O) groups is 1. The lowest BCUT2D eigenvalue weighted by Crippen LogP contribution is -2.13. The zero-order chi connectivity index (χ0) is 25.9. The number of aromatic amines is 1. The summed E-state index contributed by atoms with van der Waals surface area (Å²) in [6.07, 6.45) is 1.24. The summed E-state index contributed by atoms with van der Waals surface area (Å²) in [5.41, 5.74) is 6.74. The molecule has 0 unspecified atom stereocenters. The summed E-state index contributed by atoms with van der Waals surface area (Å²) in [6.45, 7) is 0.0497. The van der Waals surface area contributed by atoms with Crippen LogP contribution in [-0.2, 0) is 11.3 Å². The summed E-state index contributed by atoms with van der Waals surface area (Å²) in [7, 11) is 0. The van der Waals surface area contributed by atoms with Crippen LogP contribution in [0.3, 0.4) is 0 Å². The molecule has 0 radical (unpaired) electrons. The van der Waals surface area contributed by atoms with Gasteiger partial charge in [0.2, 0.25) is 0 Å². The molecule has 3 N–H and O–H groups in total. The Kier molecular flexibility index (Phi) is 6.16. The van der Waals surface area contributed by atoms with E-state index < -0.39 is 6.09 Å². The summed E-state index contributed by atoms with van der Waals surface area (Å²) in [5, 5.41) is 8.25. The monoisotopic (exact) mass is 502 g/mol. The zero-order valence-corrected chi connectivity index (χ0v) is 20.2. The molecule has 6 nitrogen and oxygen atoms in total. The topological polar surface area (TPSA) is 79.0 Å². The fourth-order valence-corrected chi connectivity index (χ4v) is 4.47. The normalized spacial score (nSPS) is 11.0. The summed E-state index contributed by atoms with van der Waals surface area (Å²) < 4.78 is 18.6. The minimum Gasteiger partial charge on any atom is -0.444 e. The van der Waals surface area contributed by atoms with Crippen molar-refractivity contribution in [3.05, 3.63) is 121 Å². The minimum atomic E-state index is -0.623. The van der Waals surface area contributed by atoms with Crippen LogP contribution in [0.2, 0.25) is 0 Å². The zero-order valence-electron chi connectivity index (χ0n) is 20.2. The SMILES string of the molecule is O=C(Nc1ccc(F)cc1)OCc1cc(Nc2c3ccccc3nc3ccccc23)cc(-c2ccc[nH]2)c1. The predicted molar refractivity (Wildman–Crippen MR) is 149 cm³/mol. The molecular weight excluding hydrogens is 479 g/mol. The molecule has 2 heterocycles. The maximum atomic E-state index is 13.2. The fraction of sp³-hybridized carbons (Fsp3) is 0.0323. The van der Waals surface area contributed by atoms with E-state index in [0.29, 0.717) is 5.69 Å². The van der Waals surface area contributed by atoms with Crippen LogP contribution in [0.15, 0.2) is 109 Å². The van der Waals surface area contributed by atoms with Gasteiger partial charge in [0, 0.05) is 39.6 Å². The van der Waals surface area contributed by atoms with Crippen LogP contribution in [0.5, 0.6) is 0 Å². The molecule has 7 heteroatoms. The molecule has 0 bridgehead atoms. The summed E-state index contributed by atoms with van der Waals surface area (Å²) in [4.78, 5) is 20.5. The van der Waals surface area contributed by atoms with Crippen LogP contribution in [0, 0.1) is 5.82 Å². The van der Waals surface area contributed by atoms with Gasteiger partial charge >= 0.3 is 6.09 Å². The standard InChI is InChI=1S/C31H23FN4O2/c32-22-11-13-23(14-12-22)35-31(37)38-19-20-16-21(27-10-5-15-33-27)18-24(17-20)34-30-25-6-1-3-8-28(25)36-29-9-4-2-7-26(29)30/h1-18,33H,19H2,(H,34,36)(H,35,37). The summed E-state index contributed by atoms with van der Waals surface area (Å²) in [6, 6.07) is 31.5. The number of fused-ring (bicyclic) bond motifs is 2. The lowest BCUT2D eigenvalue weighted by atomic mass is 10.0. The van der Waals surface area contributed by atoms with Gasteiger partial charge in [0.25, 0.3) is 0 Å². The number of para-hydroxylation sites is 2. The van der Waals surface area contributed by atoms with Crippen LogP contribution in [0.4, 0.5) is 26.2 Å². The van der Waals surface area contributed by atoms with Crippen molar-refractivity contribution < 1.29 is 13.9 Å². The number of nitrogens with zero attached hydrogens (tertiary/aromatic N) is 1. The second kappa shape index (κ2) is 10.1. The van der Waals surface area contributed by atoms with E-state index in [1.807, 2.05) is 66.9 Å². The molecule has 4 aromatic carbocycles. The number of anilines is 3. The molecule has 1 amide bonds. The van der Waals surface area contributed by atoms with Crippen LogP contribution in [0.25, 0.3) is 33.1 Å². The average Bonchev–Trinajstić information content (AvgIpc) is 3.48. The quantitative estimate of drug-likeness (QED) is 0.202. The van der Waals surface area contributed by atoms with Gasteiger partial charge in [-0.05, 0) is 72.3 Å². The largest absolute Gasteiger partial charge is 0.444 e. The molecule has 0 fully saturated rings. The summed E-state index contributed by atoms with van der Waals surface area (Å²) >= 11 is 0. The van der Waals surface area contributed by atoms with Gasteiger partial charge in [-0.2, -0.15) is 0 Å². The highest BCUT2D eigenvalue weighted by Crippen LogP contribution is 2.34. The lowest BCUT2D eigenvalue weighted by Gasteiger charge is -2.16. The molecule has 0 spiro atoms. The molecule has 0 atom stereocenters. The van der Waals surface area contributed by atoms with Crippen molar-refractivity contribution in [2.45, 2.75) is 6.61 Å². The number of amides is 1. The van der Waals surface area contributed by atoms with Gasteiger partial charge in [0.15, 0.2) is 0 Å². The first-order chi connectivity index (χ1) is 18.6. The molecule has 38 heavy (non-hydrogen) atoms. The molecule has 186 valence electrons. The predicted octanol–water partition coefficient (Wildman–Crippen LogP) is 8.01. The van der Waals surface area contributed by atoms with Gasteiger partial charge in [-0.1, -0.05) is 36.4 Å². The van der Waals surface area contributed by atoms with Crippen molar-refractivity contribution in [3.63, 3.8) is 0 Å². The second-order valence-corrected chi connectivity index (χ2v) is 8.86. The Morgan fingerprint density at radius 2 is 1.53 bits per heavy atom. The Morgan fingerprint density at radius 3 is 2.21 bits per heavy atom. The number of hydrogen-bond donors (Lipinski definition) is 3. The van der Waals surface area contributed by atoms with Gasteiger partial charge in [-0.15, -0.1) is 0 Å². The third kappa shape index (κ3) is 4.90. The number of carbonyl (C=O) groups excluding carboxylic acids is 1. The number of hydrogen-bond acceptors (Lipinski definition) is 4. The van der Waals surface area contributed by atoms with E-state index in [2.05, 4.69) is 33.8 Å². The Balaban J connectivity index is 1.33. The molecule has 0 saturated heterocycles. The van der Waals surface area contributed by atoms with E-state index in [-0.39, 0.29) is 12.4 Å². The van der Waals surface area contributed by atoms with Gasteiger partial charge in [0.1, 0.15) is 12.4 Å². The van der Waals surface area contributed by atoms with Crippen molar-refractivity contribution in [1.82, 2.24) is 9.97 Å². The van der Waals surface area contributed by atoms with Crippen molar-refractivity contribution in [2.75, 3.05) is 10.6 Å². The highest BCUT2D eigenvalue weighted by atomic mass is 19.1. The van der Waals surface area contributed by atoms with Crippen molar-refractivity contribution in [3.8, 4) is 11.3 Å². The van der Waals surface area contributed by atoms with Gasteiger partial charge in [-0.25, -0.2) is 14.2 Å². The van der Waals surface area contributed by atoms with Crippen molar-refractivity contribution in [2.24, 2.45) is 0 Å². The summed E-state index contributed by atoms with van der Waals surface area (Å²) in [5.74, 6) is -0.375. The van der Waals surface area contributed by atoms with Crippen molar-refractivity contribution in [1.29, 1.82) is 0 Å². The number of ether oxygens (including phenoxy) is 1. The van der Waals surface area contributed by atoms with Crippen molar-refractivity contribution >= 4 is 45.0 Å². The maximum Gasteiger partial charge on any atom is 0.411 e. The lowest BCUT2D eigenvalue weighted by molar-refractivity contribution is 0.155. The van der Waals surface area contributed by atoms with E-state index in [9.17, 15) is 9.18 Å². The number of halogens is 1. The molecular formula is C31H23FN4O2. The Bertz CT molecular complexity index is 1690. The van der Waals surface area contributed by atoms with Gasteiger partial charge in [-0.3, -0.25) is 5.32 Å². The highest BCUT2D eigenvalue weighted by Gasteiger charge is 2.12. The van der Waals surface area contributed by atoms with Crippen LogP contribution < -0.4 is 10.6 Å².